The summed E-state index contributed by atoms with van der Waals surface area (Å²) in [5.74, 6) is 0.0357. The molecule has 1 saturated heterocycles. The summed E-state index contributed by atoms with van der Waals surface area (Å²) in [5.41, 5.74) is 5.51. The lowest BCUT2D eigenvalue weighted by atomic mass is 10.1. The van der Waals surface area contributed by atoms with Crippen molar-refractivity contribution in [1.29, 1.82) is 0 Å². The number of hydrogen-bond donors (Lipinski definition) is 4. The first-order valence-corrected chi connectivity index (χ1v) is 7.98. The van der Waals surface area contributed by atoms with Crippen LogP contribution in [0, 0.1) is 5.92 Å². The molecule has 1 unspecified atom stereocenters. The average molecular weight is 384 g/mol. The molecule has 1 aliphatic heterocycles. The minimum atomic E-state index is -2.14. The van der Waals surface area contributed by atoms with Crippen molar-refractivity contribution in [2.24, 2.45) is 11.0 Å². The molecule has 0 radical (unpaired) electrons. The Balaban J connectivity index is 2.19. The molecule has 2 rings (SSSR count). The van der Waals surface area contributed by atoms with Gasteiger partial charge in [-0.15, -0.1) is 0 Å². The highest BCUT2D eigenvalue weighted by Crippen LogP contribution is 2.37. The molecular weight excluding hydrogens is 364 g/mol. The highest BCUT2D eigenvalue weighted by atomic mass is 16.6. The summed E-state index contributed by atoms with van der Waals surface area (Å²) in [6.07, 6.45) is -4.57. The van der Waals surface area contributed by atoms with Gasteiger partial charge in [-0.3, -0.25) is 9.88 Å². The lowest BCUT2D eigenvalue weighted by Gasteiger charge is -2.23. The van der Waals surface area contributed by atoms with Crippen LogP contribution in [-0.2, 0) is 9.47 Å². The minimum Gasteiger partial charge on any atom is -0.449 e. The second-order valence-electron chi connectivity index (χ2n) is 6.26. The van der Waals surface area contributed by atoms with E-state index in [-0.39, 0.29) is 18.3 Å². The summed E-state index contributed by atoms with van der Waals surface area (Å²) in [4.78, 5) is 29.9. The van der Waals surface area contributed by atoms with E-state index in [1.807, 2.05) is 13.8 Å². The molecule has 148 valence electrons. The van der Waals surface area contributed by atoms with E-state index in [0.29, 0.717) is 0 Å². The molecule has 1 amide bonds. The van der Waals surface area contributed by atoms with Crippen LogP contribution in [0.1, 0.15) is 20.1 Å². The number of aromatic nitrogens is 2. The first-order chi connectivity index (χ1) is 12.7. The van der Waals surface area contributed by atoms with Gasteiger partial charge in [0.25, 0.3) is 0 Å². The standard InChI is InChI=1S/C14H20N6O7/c1-7(2)5-26-13(25)17-8-3-4-20(12(24)16-8)11-9(22)10(23)14(6-21,27-11)18-19-15/h3-4,7,9-11,21-23H,5-6H2,1-2H3,(H,16,17,24,25)/t9-,10+,11?,14-/m1/s1. The molecule has 1 fully saturated rings. The zero-order valence-electron chi connectivity index (χ0n) is 14.6. The molecule has 0 saturated carbocycles. The molecule has 0 bridgehead atoms. The Morgan fingerprint density at radius 3 is 2.85 bits per heavy atom. The fraction of sp³-hybridized carbons (Fsp3) is 0.643. The van der Waals surface area contributed by atoms with E-state index in [0.717, 1.165) is 10.8 Å². The van der Waals surface area contributed by atoms with Gasteiger partial charge in [0.05, 0.1) is 13.2 Å². The first kappa shape index (κ1) is 20.6. The third kappa shape index (κ3) is 4.35. The van der Waals surface area contributed by atoms with Gasteiger partial charge in [0, 0.05) is 11.1 Å². The maximum Gasteiger partial charge on any atom is 0.412 e. The third-order valence-corrected chi connectivity index (χ3v) is 3.73. The van der Waals surface area contributed by atoms with Crippen molar-refractivity contribution < 1.29 is 29.6 Å². The number of nitrogens with one attached hydrogen (secondary N) is 1. The van der Waals surface area contributed by atoms with Gasteiger partial charge in [-0.1, -0.05) is 19.0 Å². The molecule has 27 heavy (non-hydrogen) atoms. The number of azide groups is 1. The number of carbonyl (C=O) groups is 1. The number of aliphatic hydroxyl groups excluding tert-OH is 3. The molecule has 0 spiro atoms. The summed E-state index contributed by atoms with van der Waals surface area (Å²) in [6.45, 7) is 2.98. The monoisotopic (exact) mass is 384 g/mol. The number of anilines is 1. The number of rotatable bonds is 6. The predicted octanol–water partition coefficient (Wildman–Crippen LogP) is -0.303. The van der Waals surface area contributed by atoms with Crippen LogP contribution in [0.4, 0.5) is 10.6 Å². The number of aliphatic hydroxyl groups is 3. The van der Waals surface area contributed by atoms with Gasteiger partial charge in [-0.25, -0.2) is 9.59 Å². The van der Waals surface area contributed by atoms with Gasteiger partial charge in [0.2, 0.25) is 5.72 Å². The topological polar surface area (TPSA) is 192 Å². The van der Waals surface area contributed by atoms with Crippen molar-refractivity contribution in [3.63, 3.8) is 0 Å². The van der Waals surface area contributed by atoms with E-state index in [2.05, 4.69) is 20.3 Å². The van der Waals surface area contributed by atoms with Crippen LogP contribution in [0.3, 0.4) is 0 Å². The van der Waals surface area contributed by atoms with Crippen LogP contribution in [0.2, 0.25) is 0 Å². The van der Waals surface area contributed by atoms with Crippen LogP contribution in [-0.4, -0.2) is 62.1 Å². The number of nitrogens with zero attached hydrogens (tertiary/aromatic N) is 5. The maximum absolute atomic E-state index is 12.2. The van der Waals surface area contributed by atoms with Gasteiger partial charge in [0.15, 0.2) is 6.23 Å². The van der Waals surface area contributed by atoms with Crippen LogP contribution in [0.25, 0.3) is 10.4 Å². The van der Waals surface area contributed by atoms with E-state index in [4.69, 9.17) is 15.0 Å². The lowest BCUT2D eigenvalue weighted by Crippen LogP contribution is -2.44. The second-order valence-corrected chi connectivity index (χ2v) is 6.26. The van der Waals surface area contributed by atoms with E-state index < -0.39 is 42.6 Å². The highest BCUT2D eigenvalue weighted by molar-refractivity contribution is 5.83. The van der Waals surface area contributed by atoms with Crippen molar-refractivity contribution in [2.75, 3.05) is 18.5 Å². The second kappa shape index (κ2) is 8.33. The Morgan fingerprint density at radius 1 is 1.59 bits per heavy atom. The van der Waals surface area contributed by atoms with E-state index in [9.17, 15) is 24.9 Å². The van der Waals surface area contributed by atoms with Crippen molar-refractivity contribution in [1.82, 2.24) is 9.55 Å². The Labute approximate surface area is 152 Å². The van der Waals surface area contributed by atoms with Crippen LogP contribution in [0.15, 0.2) is 22.2 Å². The Bertz CT molecular complexity index is 792. The Morgan fingerprint density at radius 2 is 2.30 bits per heavy atom. The summed E-state index contributed by atoms with van der Waals surface area (Å²) in [7, 11) is 0. The number of hydrogen-bond acceptors (Lipinski definition) is 9. The zero-order valence-corrected chi connectivity index (χ0v) is 14.6. The van der Waals surface area contributed by atoms with E-state index >= 15 is 0 Å². The molecule has 1 aromatic heterocycles. The predicted molar refractivity (Wildman–Crippen MR) is 89.4 cm³/mol. The summed E-state index contributed by atoms with van der Waals surface area (Å²) in [6, 6.07) is 1.24. The highest BCUT2D eigenvalue weighted by Gasteiger charge is 2.54. The van der Waals surface area contributed by atoms with Gasteiger partial charge < -0.3 is 24.8 Å². The SMILES string of the molecule is CC(C)COC(=O)Nc1ccn(C2O[C@@](CO)(N=[N+]=[N-])[C@@H](O)[C@H]2O)c(=O)n1. The molecule has 2 heterocycles. The summed E-state index contributed by atoms with van der Waals surface area (Å²) in [5, 5.41) is 35.0. The van der Waals surface area contributed by atoms with Crippen molar-refractivity contribution in [3.05, 3.63) is 33.2 Å². The molecule has 0 aromatic carbocycles. The third-order valence-electron chi connectivity index (χ3n) is 3.73. The van der Waals surface area contributed by atoms with Crippen molar-refractivity contribution >= 4 is 11.9 Å². The smallest absolute Gasteiger partial charge is 0.412 e. The maximum atomic E-state index is 12.2. The molecule has 13 nitrogen and oxygen atoms in total. The van der Waals surface area contributed by atoms with Gasteiger partial charge in [0.1, 0.15) is 18.0 Å². The summed E-state index contributed by atoms with van der Waals surface area (Å²) >= 11 is 0. The average Bonchev–Trinajstić information content (AvgIpc) is 2.86. The van der Waals surface area contributed by atoms with Gasteiger partial charge >= 0.3 is 11.8 Å². The Hall–Kier alpha value is -2.70. The van der Waals surface area contributed by atoms with Crippen molar-refractivity contribution in [3.8, 4) is 0 Å². The van der Waals surface area contributed by atoms with Crippen molar-refractivity contribution in [2.45, 2.75) is 38.0 Å². The molecule has 0 aliphatic carbocycles. The first-order valence-electron chi connectivity index (χ1n) is 7.98. The zero-order chi connectivity index (χ0) is 20.2. The lowest BCUT2D eigenvalue weighted by molar-refractivity contribution is -0.125. The molecule has 1 aliphatic rings. The number of carbonyl (C=O) groups excluding carboxylic acids is 1. The fourth-order valence-electron chi connectivity index (χ4n) is 2.37. The minimum absolute atomic E-state index is 0.0958. The molecule has 4 N–H and O–H groups in total. The van der Waals surface area contributed by atoms with Gasteiger partial charge in [-0.2, -0.15) is 4.98 Å². The number of ether oxygens (including phenoxy) is 2. The number of amides is 1. The molecule has 1 aromatic rings. The van der Waals surface area contributed by atoms with Crippen LogP contribution >= 0.6 is 0 Å². The fourth-order valence-corrected chi connectivity index (χ4v) is 2.37. The quantitative estimate of drug-likeness (QED) is 0.291. The van der Waals surface area contributed by atoms with Gasteiger partial charge in [-0.05, 0) is 17.5 Å². The van der Waals surface area contributed by atoms with E-state index in [1.54, 1.807) is 0 Å². The summed E-state index contributed by atoms with van der Waals surface area (Å²) < 4.78 is 11.0. The molecular formula is C14H20N6O7. The van der Waals surface area contributed by atoms with Crippen LogP contribution < -0.4 is 11.0 Å². The molecule has 4 atom stereocenters. The van der Waals surface area contributed by atoms with E-state index in [1.165, 1.54) is 6.07 Å². The van der Waals surface area contributed by atoms with Crippen LogP contribution in [0.5, 0.6) is 0 Å². The largest absolute Gasteiger partial charge is 0.449 e. The molecule has 13 heteroatoms. The Kier molecular flexibility index (Phi) is 6.36. The normalized spacial score (nSPS) is 27.3.